The van der Waals surface area contributed by atoms with Crippen LogP contribution in [0, 0.1) is 5.92 Å². The fourth-order valence-electron chi connectivity index (χ4n) is 2.24. The molecular formula is C13H19F3N4O. The predicted octanol–water partition coefficient (Wildman–Crippen LogP) is 2.52. The van der Waals surface area contributed by atoms with Gasteiger partial charge in [0.1, 0.15) is 5.82 Å². The van der Waals surface area contributed by atoms with Crippen LogP contribution in [-0.2, 0) is 5.41 Å². The molecule has 5 nitrogen and oxygen atoms in total. The van der Waals surface area contributed by atoms with Crippen molar-refractivity contribution in [3.8, 4) is 0 Å². The molecule has 21 heavy (non-hydrogen) atoms. The number of carbonyl (C=O) groups excluding carboxylic acids is 1. The van der Waals surface area contributed by atoms with Gasteiger partial charge >= 0.3 is 6.18 Å². The first-order valence-corrected chi connectivity index (χ1v) is 6.88. The number of carbonyl (C=O) groups is 1. The lowest BCUT2D eigenvalue weighted by atomic mass is 9.96. The van der Waals surface area contributed by atoms with Crippen LogP contribution in [0.15, 0.2) is 0 Å². The standard InChI is InChI=1S/C13H19F3N4O/c1-12(2,3)11-17-9(18-19-11)10(21)20-6-4-8(5-7-20)13(14,15)16/h8H,4-7H2,1-3H3,(H,17,18,19). The number of hydrogen-bond acceptors (Lipinski definition) is 3. The second-order valence-corrected chi connectivity index (χ2v) is 6.37. The van der Waals surface area contributed by atoms with E-state index in [1.807, 2.05) is 20.8 Å². The number of nitrogens with zero attached hydrogens (tertiary/aromatic N) is 3. The van der Waals surface area contributed by atoms with Crippen molar-refractivity contribution in [3.05, 3.63) is 11.6 Å². The average Bonchev–Trinajstić information content (AvgIpc) is 2.86. The van der Waals surface area contributed by atoms with E-state index >= 15 is 0 Å². The Balaban J connectivity index is 2.01. The van der Waals surface area contributed by atoms with Gasteiger partial charge in [0.05, 0.1) is 5.92 Å². The van der Waals surface area contributed by atoms with Gasteiger partial charge in [-0.1, -0.05) is 20.8 Å². The molecule has 1 aromatic heterocycles. The van der Waals surface area contributed by atoms with E-state index in [-0.39, 0.29) is 37.2 Å². The summed E-state index contributed by atoms with van der Waals surface area (Å²) in [5, 5.41) is 6.59. The molecule has 0 saturated carbocycles. The summed E-state index contributed by atoms with van der Waals surface area (Å²) in [6, 6.07) is 0. The van der Waals surface area contributed by atoms with E-state index in [1.165, 1.54) is 4.90 Å². The fraction of sp³-hybridized carbons (Fsp3) is 0.769. The molecule has 0 radical (unpaired) electrons. The molecule has 2 rings (SSSR count). The van der Waals surface area contributed by atoms with Crippen LogP contribution in [0.5, 0.6) is 0 Å². The highest BCUT2D eigenvalue weighted by molar-refractivity contribution is 5.90. The molecule has 1 fully saturated rings. The molecule has 0 bridgehead atoms. The normalized spacial score (nSPS) is 18.1. The van der Waals surface area contributed by atoms with Gasteiger partial charge in [-0.2, -0.15) is 13.2 Å². The third-order valence-corrected chi connectivity index (χ3v) is 3.63. The molecule has 0 aromatic carbocycles. The largest absolute Gasteiger partial charge is 0.391 e. The summed E-state index contributed by atoms with van der Waals surface area (Å²) in [5.41, 5.74) is -0.269. The van der Waals surface area contributed by atoms with Crippen LogP contribution in [-0.4, -0.2) is 45.3 Å². The zero-order chi connectivity index (χ0) is 15.8. The van der Waals surface area contributed by atoms with Crippen molar-refractivity contribution >= 4 is 5.91 Å². The third kappa shape index (κ3) is 3.54. The number of amides is 1. The van der Waals surface area contributed by atoms with Crippen LogP contribution in [0.2, 0.25) is 0 Å². The monoisotopic (exact) mass is 304 g/mol. The van der Waals surface area contributed by atoms with E-state index in [4.69, 9.17) is 0 Å². The summed E-state index contributed by atoms with van der Waals surface area (Å²) < 4.78 is 37.8. The molecule has 8 heteroatoms. The summed E-state index contributed by atoms with van der Waals surface area (Å²) in [6.45, 7) is 5.95. The van der Waals surface area contributed by atoms with Crippen molar-refractivity contribution in [2.45, 2.75) is 45.2 Å². The molecule has 1 aliphatic rings. The lowest BCUT2D eigenvalue weighted by Gasteiger charge is -2.32. The van der Waals surface area contributed by atoms with E-state index in [1.54, 1.807) is 0 Å². The highest BCUT2D eigenvalue weighted by Gasteiger charge is 2.42. The van der Waals surface area contributed by atoms with Gasteiger partial charge < -0.3 is 4.90 Å². The smallest absolute Gasteiger partial charge is 0.336 e. The maximum Gasteiger partial charge on any atom is 0.391 e. The van der Waals surface area contributed by atoms with Crippen molar-refractivity contribution in [1.29, 1.82) is 0 Å². The molecule has 0 aliphatic carbocycles. The van der Waals surface area contributed by atoms with E-state index in [0.29, 0.717) is 5.82 Å². The Morgan fingerprint density at radius 2 is 1.81 bits per heavy atom. The van der Waals surface area contributed by atoms with Gasteiger partial charge in [-0.25, -0.2) is 4.98 Å². The van der Waals surface area contributed by atoms with Crippen molar-refractivity contribution in [2.75, 3.05) is 13.1 Å². The minimum atomic E-state index is -4.18. The Labute approximate surface area is 120 Å². The van der Waals surface area contributed by atoms with E-state index in [9.17, 15) is 18.0 Å². The minimum Gasteiger partial charge on any atom is -0.336 e. The molecule has 118 valence electrons. The SMILES string of the molecule is CC(C)(C)c1nc(C(=O)N2CCC(C(F)(F)F)CC2)n[nH]1. The molecule has 2 heterocycles. The highest BCUT2D eigenvalue weighted by Crippen LogP contribution is 2.34. The number of hydrogen-bond donors (Lipinski definition) is 1. The number of aromatic amines is 1. The number of halogens is 3. The number of alkyl halides is 3. The summed E-state index contributed by atoms with van der Waals surface area (Å²) in [7, 11) is 0. The molecule has 0 unspecified atom stereocenters. The summed E-state index contributed by atoms with van der Waals surface area (Å²) in [6.07, 6.45) is -4.31. The van der Waals surface area contributed by atoms with Crippen molar-refractivity contribution in [1.82, 2.24) is 20.1 Å². The summed E-state index contributed by atoms with van der Waals surface area (Å²) in [4.78, 5) is 17.7. The number of H-pyrrole nitrogens is 1. The Bertz CT molecular complexity index is 510. The van der Waals surface area contributed by atoms with Crippen LogP contribution in [0.1, 0.15) is 50.1 Å². The van der Waals surface area contributed by atoms with Crippen LogP contribution in [0.3, 0.4) is 0 Å². The zero-order valence-electron chi connectivity index (χ0n) is 12.3. The van der Waals surface area contributed by atoms with Gasteiger partial charge in [0.25, 0.3) is 5.91 Å². The molecule has 1 aliphatic heterocycles. The lowest BCUT2D eigenvalue weighted by Crippen LogP contribution is -2.42. The van der Waals surface area contributed by atoms with Gasteiger partial charge in [0.15, 0.2) is 0 Å². The van der Waals surface area contributed by atoms with E-state index in [2.05, 4.69) is 15.2 Å². The average molecular weight is 304 g/mol. The van der Waals surface area contributed by atoms with E-state index in [0.717, 1.165) is 0 Å². The van der Waals surface area contributed by atoms with Crippen molar-refractivity contribution < 1.29 is 18.0 Å². The quantitative estimate of drug-likeness (QED) is 0.867. The van der Waals surface area contributed by atoms with Gasteiger partial charge in [-0.15, -0.1) is 5.10 Å². The fourth-order valence-corrected chi connectivity index (χ4v) is 2.24. The molecular weight excluding hydrogens is 285 g/mol. The first-order chi connectivity index (χ1) is 9.59. The molecule has 1 N–H and O–H groups in total. The molecule has 0 atom stereocenters. The van der Waals surface area contributed by atoms with Crippen molar-refractivity contribution in [2.24, 2.45) is 5.92 Å². The first-order valence-electron chi connectivity index (χ1n) is 6.88. The molecule has 0 spiro atoms. The Kier molecular flexibility index (Phi) is 3.99. The number of aromatic nitrogens is 3. The molecule has 1 amide bonds. The zero-order valence-corrected chi connectivity index (χ0v) is 12.3. The summed E-state index contributed by atoms with van der Waals surface area (Å²) >= 11 is 0. The van der Waals surface area contributed by atoms with Crippen LogP contribution < -0.4 is 0 Å². The maximum atomic E-state index is 12.6. The molecule has 1 saturated heterocycles. The Hall–Kier alpha value is -1.60. The topological polar surface area (TPSA) is 61.9 Å². The number of nitrogens with one attached hydrogen (secondary N) is 1. The van der Waals surface area contributed by atoms with Gasteiger partial charge in [-0.05, 0) is 12.8 Å². The number of piperidine rings is 1. The van der Waals surface area contributed by atoms with E-state index < -0.39 is 18.0 Å². The van der Waals surface area contributed by atoms with Crippen LogP contribution in [0.25, 0.3) is 0 Å². The lowest BCUT2D eigenvalue weighted by molar-refractivity contribution is -0.183. The Morgan fingerprint density at radius 3 is 2.24 bits per heavy atom. The summed E-state index contributed by atoms with van der Waals surface area (Å²) in [5.74, 6) is -1.14. The number of likely N-dealkylation sites (tertiary alicyclic amines) is 1. The van der Waals surface area contributed by atoms with Crippen LogP contribution in [0.4, 0.5) is 13.2 Å². The third-order valence-electron chi connectivity index (χ3n) is 3.63. The van der Waals surface area contributed by atoms with Gasteiger partial charge in [0, 0.05) is 18.5 Å². The predicted molar refractivity (Wildman–Crippen MR) is 69.8 cm³/mol. The van der Waals surface area contributed by atoms with Gasteiger partial charge in [-0.3, -0.25) is 9.89 Å². The Morgan fingerprint density at radius 1 is 1.24 bits per heavy atom. The first kappa shape index (κ1) is 15.8. The molecule has 1 aromatic rings. The van der Waals surface area contributed by atoms with Crippen LogP contribution >= 0.6 is 0 Å². The minimum absolute atomic E-state index is 0.0189. The van der Waals surface area contributed by atoms with Gasteiger partial charge in [0.2, 0.25) is 5.82 Å². The highest BCUT2D eigenvalue weighted by atomic mass is 19.4. The number of rotatable bonds is 1. The maximum absolute atomic E-state index is 12.6. The van der Waals surface area contributed by atoms with Crippen molar-refractivity contribution in [3.63, 3.8) is 0 Å². The second kappa shape index (κ2) is 5.31. The second-order valence-electron chi connectivity index (χ2n) is 6.37.